The predicted molar refractivity (Wildman–Crippen MR) is 78.4 cm³/mol. The van der Waals surface area contributed by atoms with E-state index in [-0.39, 0.29) is 12.1 Å². The molecule has 0 aliphatic heterocycles. The van der Waals surface area contributed by atoms with Gasteiger partial charge in [-0.15, -0.1) is 11.3 Å². The summed E-state index contributed by atoms with van der Waals surface area (Å²) in [5, 5.41) is 14.1. The minimum absolute atomic E-state index is 0.278. The number of nitrogen functional groups attached to an aromatic ring is 1. The van der Waals surface area contributed by atoms with E-state index in [1.807, 2.05) is 0 Å². The number of thiophene rings is 1. The van der Waals surface area contributed by atoms with Crippen molar-refractivity contribution in [3.63, 3.8) is 0 Å². The van der Waals surface area contributed by atoms with Crippen molar-refractivity contribution in [1.82, 2.24) is 9.97 Å². The topological polar surface area (TPSA) is 84.1 Å². The molecule has 1 aliphatic rings. The second-order valence-corrected chi connectivity index (χ2v) is 6.12. The third-order valence-corrected chi connectivity index (χ3v) is 4.63. The number of anilines is 2. The van der Waals surface area contributed by atoms with Crippen molar-refractivity contribution in [2.24, 2.45) is 5.92 Å². The minimum Gasteiger partial charge on any atom is -0.391 e. The zero-order chi connectivity index (χ0) is 13.4. The number of nitrogens with one attached hydrogen (secondary N) is 1. The van der Waals surface area contributed by atoms with Crippen molar-refractivity contribution in [3.05, 3.63) is 10.9 Å². The summed E-state index contributed by atoms with van der Waals surface area (Å²) < 4.78 is 0. The van der Waals surface area contributed by atoms with Gasteiger partial charge in [0.15, 0.2) is 0 Å². The monoisotopic (exact) mass is 278 g/mol. The Labute approximate surface area is 115 Å². The number of fused-ring (bicyclic) bond motifs is 1. The molecule has 1 saturated carbocycles. The van der Waals surface area contributed by atoms with E-state index in [4.69, 9.17) is 5.73 Å². The summed E-state index contributed by atoms with van der Waals surface area (Å²) in [7, 11) is 0. The minimum atomic E-state index is -0.296. The van der Waals surface area contributed by atoms with E-state index in [1.165, 1.54) is 4.88 Å². The lowest BCUT2D eigenvalue weighted by Crippen LogP contribution is -2.22. The molecule has 0 bridgehead atoms. The zero-order valence-electron chi connectivity index (χ0n) is 10.9. The molecule has 1 aliphatic carbocycles. The second kappa shape index (κ2) is 4.94. The summed E-state index contributed by atoms with van der Waals surface area (Å²) >= 11 is 1.64. The molecular weight excluding hydrogens is 260 g/mol. The van der Waals surface area contributed by atoms with Crippen LogP contribution in [0, 0.1) is 5.92 Å². The molecule has 0 spiro atoms. The first-order valence-electron chi connectivity index (χ1n) is 6.65. The lowest BCUT2D eigenvalue weighted by atomic mass is 10.2. The van der Waals surface area contributed by atoms with Crippen LogP contribution < -0.4 is 11.1 Å². The number of aryl methyl sites for hydroxylation is 1. The highest BCUT2D eigenvalue weighted by Crippen LogP contribution is 2.33. The Morgan fingerprint density at radius 3 is 3.00 bits per heavy atom. The van der Waals surface area contributed by atoms with Gasteiger partial charge in [0.25, 0.3) is 0 Å². The molecule has 6 heteroatoms. The van der Waals surface area contributed by atoms with Gasteiger partial charge < -0.3 is 16.2 Å². The smallest absolute Gasteiger partial charge is 0.223 e. The molecule has 1 unspecified atom stereocenters. The zero-order valence-corrected chi connectivity index (χ0v) is 11.7. The van der Waals surface area contributed by atoms with Gasteiger partial charge in [-0.3, -0.25) is 0 Å². The number of rotatable bonds is 5. The van der Waals surface area contributed by atoms with E-state index < -0.39 is 0 Å². The Morgan fingerprint density at radius 2 is 2.32 bits per heavy atom. The Bertz CT molecular complexity index is 594. The quantitative estimate of drug-likeness (QED) is 0.779. The molecule has 3 rings (SSSR count). The maximum absolute atomic E-state index is 9.91. The van der Waals surface area contributed by atoms with Gasteiger partial charge in [-0.05, 0) is 31.2 Å². The molecule has 5 nitrogen and oxygen atoms in total. The van der Waals surface area contributed by atoms with Gasteiger partial charge in [-0.25, -0.2) is 4.98 Å². The predicted octanol–water partition coefficient (Wildman–Crippen LogP) is 2.02. The highest BCUT2D eigenvalue weighted by molar-refractivity contribution is 7.18. The average Bonchev–Trinajstić information content (AvgIpc) is 3.15. The van der Waals surface area contributed by atoms with Crippen molar-refractivity contribution in [2.45, 2.75) is 32.3 Å². The molecule has 0 amide bonds. The number of aliphatic hydroxyl groups excluding tert-OH is 1. The third kappa shape index (κ3) is 2.64. The Balaban J connectivity index is 1.85. The van der Waals surface area contributed by atoms with Crippen LogP contribution in [0.3, 0.4) is 0 Å². The molecule has 19 heavy (non-hydrogen) atoms. The first-order chi connectivity index (χ1) is 9.17. The Kier molecular flexibility index (Phi) is 3.28. The second-order valence-electron chi connectivity index (χ2n) is 5.00. The summed E-state index contributed by atoms with van der Waals surface area (Å²) in [4.78, 5) is 10.7. The highest BCUT2D eigenvalue weighted by Gasteiger charge is 2.29. The third-order valence-electron chi connectivity index (χ3n) is 3.45. The molecule has 0 radical (unpaired) electrons. The van der Waals surface area contributed by atoms with Crippen LogP contribution in [0.1, 0.15) is 24.6 Å². The van der Waals surface area contributed by atoms with Crippen molar-refractivity contribution in [2.75, 3.05) is 17.6 Å². The first kappa shape index (κ1) is 12.6. The summed E-state index contributed by atoms with van der Waals surface area (Å²) in [5.74, 6) is 1.47. The van der Waals surface area contributed by atoms with E-state index in [2.05, 4.69) is 28.3 Å². The molecule has 1 fully saturated rings. The number of hydrogen-bond acceptors (Lipinski definition) is 6. The number of nitrogens with zero attached hydrogens (tertiary/aromatic N) is 2. The molecule has 2 heterocycles. The van der Waals surface area contributed by atoms with Crippen LogP contribution in [0.25, 0.3) is 10.2 Å². The largest absolute Gasteiger partial charge is 0.391 e. The number of aromatic nitrogens is 2. The lowest BCUT2D eigenvalue weighted by molar-refractivity contribution is 0.164. The van der Waals surface area contributed by atoms with Crippen LogP contribution in [-0.4, -0.2) is 27.7 Å². The number of aliphatic hydroxyl groups is 1. The molecule has 2 aromatic heterocycles. The van der Waals surface area contributed by atoms with E-state index in [0.717, 1.165) is 35.3 Å². The fourth-order valence-corrected chi connectivity index (χ4v) is 3.12. The van der Waals surface area contributed by atoms with Crippen molar-refractivity contribution < 1.29 is 5.11 Å². The lowest BCUT2D eigenvalue weighted by Gasteiger charge is -2.11. The number of nitrogens with two attached hydrogens (primary N) is 1. The summed E-state index contributed by atoms with van der Waals surface area (Å²) in [6.07, 6.45) is 2.94. The maximum Gasteiger partial charge on any atom is 0.223 e. The summed E-state index contributed by atoms with van der Waals surface area (Å²) in [6, 6.07) is 2.10. The molecule has 102 valence electrons. The van der Waals surface area contributed by atoms with Crippen LogP contribution in [0.2, 0.25) is 0 Å². The van der Waals surface area contributed by atoms with Crippen LogP contribution in [-0.2, 0) is 6.42 Å². The van der Waals surface area contributed by atoms with Gasteiger partial charge in [-0.1, -0.05) is 6.92 Å². The molecule has 0 aromatic carbocycles. The van der Waals surface area contributed by atoms with Crippen LogP contribution in [0.4, 0.5) is 11.8 Å². The average molecular weight is 278 g/mol. The van der Waals surface area contributed by atoms with Crippen molar-refractivity contribution in [3.8, 4) is 0 Å². The normalized spacial score (nSPS) is 16.7. The molecule has 2 aromatic rings. The van der Waals surface area contributed by atoms with Gasteiger partial charge in [-0.2, -0.15) is 4.98 Å². The van der Waals surface area contributed by atoms with Gasteiger partial charge in [0.2, 0.25) is 5.95 Å². The van der Waals surface area contributed by atoms with Gasteiger partial charge in [0.05, 0.1) is 11.5 Å². The summed E-state index contributed by atoms with van der Waals surface area (Å²) in [5.41, 5.74) is 5.74. The van der Waals surface area contributed by atoms with Crippen molar-refractivity contribution in [1.29, 1.82) is 0 Å². The molecular formula is C13H18N4OS. The fraction of sp³-hybridized carbons (Fsp3) is 0.538. The molecule has 4 N–H and O–H groups in total. The Morgan fingerprint density at radius 1 is 1.53 bits per heavy atom. The van der Waals surface area contributed by atoms with E-state index in [0.29, 0.717) is 12.5 Å². The Hall–Kier alpha value is -1.40. The van der Waals surface area contributed by atoms with Crippen LogP contribution in [0.5, 0.6) is 0 Å². The van der Waals surface area contributed by atoms with Crippen molar-refractivity contribution >= 4 is 33.3 Å². The molecule has 1 atom stereocenters. The number of hydrogen-bond donors (Lipinski definition) is 3. The van der Waals surface area contributed by atoms with Crippen LogP contribution in [0.15, 0.2) is 6.07 Å². The molecule has 0 saturated heterocycles. The standard InChI is InChI=1S/C13H18N4OS/c1-2-8-5-9-11(15-6-10(18)7-3-4-7)16-13(14)17-12(9)19-8/h5,7,10,18H,2-4,6H2,1H3,(H3,14,15,16,17). The van der Waals surface area contributed by atoms with Gasteiger partial charge >= 0.3 is 0 Å². The fourth-order valence-electron chi connectivity index (χ4n) is 2.15. The van der Waals surface area contributed by atoms with E-state index in [1.54, 1.807) is 11.3 Å². The maximum atomic E-state index is 9.91. The van der Waals surface area contributed by atoms with Gasteiger partial charge in [0.1, 0.15) is 10.6 Å². The highest BCUT2D eigenvalue weighted by atomic mass is 32.1. The van der Waals surface area contributed by atoms with E-state index >= 15 is 0 Å². The first-order valence-corrected chi connectivity index (χ1v) is 7.47. The van der Waals surface area contributed by atoms with Crippen LogP contribution >= 0.6 is 11.3 Å². The SMILES string of the molecule is CCc1cc2c(NCC(O)C3CC3)nc(N)nc2s1. The van der Waals surface area contributed by atoms with E-state index in [9.17, 15) is 5.11 Å². The van der Waals surface area contributed by atoms with Gasteiger partial charge in [0, 0.05) is 11.4 Å². The summed E-state index contributed by atoms with van der Waals surface area (Å²) in [6.45, 7) is 2.64.